The lowest BCUT2D eigenvalue weighted by molar-refractivity contribution is 0.377. The van der Waals surface area contributed by atoms with Crippen LogP contribution in [0, 0.1) is 6.92 Å². The number of aromatic nitrogens is 4. The van der Waals surface area contributed by atoms with Crippen LogP contribution in [0.25, 0.3) is 10.9 Å². The number of aryl methyl sites for hydroxylation is 1. The smallest absolute Gasteiger partial charge is 0.321 e. The van der Waals surface area contributed by atoms with Crippen molar-refractivity contribution >= 4 is 23.1 Å². The van der Waals surface area contributed by atoms with Crippen molar-refractivity contribution in [3.05, 3.63) is 41.9 Å². The Hall–Kier alpha value is -2.76. The minimum Gasteiger partial charge on any atom is -0.467 e. The molecule has 1 aromatic carbocycles. The van der Waals surface area contributed by atoms with Crippen molar-refractivity contribution < 1.29 is 4.74 Å². The van der Waals surface area contributed by atoms with Crippen LogP contribution in [-0.4, -0.2) is 33.3 Å². The molecule has 0 radical (unpaired) electrons. The van der Waals surface area contributed by atoms with E-state index < -0.39 is 0 Å². The van der Waals surface area contributed by atoms with E-state index in [1.54, 1.807) is 13.1 Å². The van der Waals surface area contributed by atoms with E-state index >= 15 is 0 Å². The molecule has 0 spiro atoms. The number of fused-ring (bicyclic) bond motifs is 1. The number of nitrogens with one attached hydrogen (secondary N) is 1. The standard InChI is InChI=1S/C14H13N5O/c1-9-17-13(19-14(18-9)20-2)16-8-10-7-15-12-6-4-3-5-11(10)12/h3-8,15H,1-2H3/b16-8+. The molecular weight excluding hydrogens is 254 g/mol. The van der Waals surface area contributed by atoms with Crippen LogP contribution >= 0.6 is 0 Å². The van der Waals surface area contributed by atoms with E-state index in [4.69, 9.17) is 4.74 Å². The highest BCUT2D eigenvalue weighted by atomic mass is 16.5. The van der Waals surface area contributed by atoms with Gasteiger partial charge in [0.1, 0.15) is 5.82 Å². The summed E-state index contributed by atoms with van der Waals surface area (Å²) < 4.78 is 5.00. The summed E-state index contributed by atoms with van der Waals surface area (Å²) >= 11 is 0. The molecule has 2 heterocycles. The third kappa shape index (κ3) is 2.35. The predicted molar refractivity (Wildman–Crippen MR) is 76.7 cm³/mol. The number of benzene rings is 1. The third-order valence-corrected chi connectivity index (χ3v) is 2.84. The van der Waals surface area contributed by atoms with Gasteiger partial charge in [-0.2, -0.15) is 15.0 Å². The van der Waals surface area contributed by atoms with Crippen molar-refractivity contribution in [1.82, 2.24) is 19.9 Å². The van der Waals surface area contributed by atoms with Gasteiger partial charge in [0, 0.05) is 28.9 Å². The Bertz CT molecular complexity index is 778. The molecule has 0 fully saturated rings. The van der Waals surface area contributed by atoms with Gasteiger partial charge in [-0.1, -0.05) is 18.2 Å². The summed E-state index contributed by atoms with van der Waals surface area (Å²) in [6.07, 6.45) is 3.63. The van der Waals surface area contributed by atoms with Gasteiger partial charge in [0.15, 0.2) is 0 Å². The fourth-order valence-electron chi connectivity index (χ4n) is 1.92. The quantitative estimate of drug-likeness (QED) is 0.739. The number of hydrogen-bond donors (Lipinski definition) is 1. The molecule has 0 atom stereocenters. The zero-order chi connectivity index (χ0) is 13.9. The van der Waals surface area contributed by atoms with Gasteiger partial charge >= 0.3 is 6.01 Å². The fraction of sp³-hybridized carbons (Fsp3) is 0.143. The van der Waals surface area contributed by atoms with Gasteiger partial charge in [0.05, 0.1) is 7.11 Å². The lowest BCUT2D eigenvalue weighted by Gasteiger charge is -1.99. The Labute approximate surface area is 115 Å². The molecule has 20 heavy (non-hydrogen) atoms. The number of aliphatic imine (C=N–C) groups is 1. The maximum absolute atomic E-state index is 5.00. The van der Waals surface area contributed by atoms with Crippen LogP contribution in [-0.2, 0) is 0 Å². The molecule has 0 aliphatic carbocycles. The maximum atomic E-state index is 5.00. The zero-order valence-corrected chi connectivity index (χ0v) is 11.2. The van der Waals surface area contributed by atoms with E-state index in [9.17, 15) is 0 Å². The van der Waals surface area contributed by atoms with E-state index in [0.29, 0.717) is 11.8 Å². The maximum Gasteiger partial charge on any atom is 0.321 e. The van der Waals surface area contributed by atoms with Crippen LogP contribution in [0.1, 0.15) is 11.4 Å². The first-order valence-electron chi connectivity index (χ1n) is 6.13. The van der Waals surface area contributed by atoms with Gasteiger partial charge in [-0.05, 0) is 13.0 Å². The second-order valence-corrected chi connectivity index (χ2v) is 4.22. The van der Waals surface area contributed by atoms with Crippen LogP contribution in [0.2, 0.25) is 0 Å². The van der Waals surface area contributed by atoms with Gasteiger partial charge in [-0.15, -0.1) is 0 Å². The lowest BCUT2D eigenvalue weighted by atomic mass is 10.2. The van der Waals surface area contributed by atoms with Gasteiger partial charge in [-0.3, -0.25) is 0 Å². The van der Waals surface area contributed by atoms with Crippen molar-refractivity contribution in [3.63, 3.8) is 0 Å². The summed E-state index contributed by atoms with van der Waals surface area (Å²) in [5.74, 6) is 0.905. The normalized spacial score (nSPS) is 11.3. The second-order valence-electron chi connectivity index (χ2n) is 4.22. The molecule has 6 nitrogen and oxygen atoms in total. The van der Waals surface area contributed by atoms with Crippen molar-refractivity contribution in [2.45, 2.75) is 6.92 Å². The molecule has 0 aliphatic heterocycles. The van der Waals surface area contributed by atoms with E-state index in [1.807, 2.05) is 30.5 Å². The average molecular weight is 267 g/mol. The minimum absolute atomic E-state index is 0.267. The molecule has 1 N–H and O–H groups in total. The van der Waals surface area contributed by atoms with E-state index in [2.05, 4.69) is 24.9 Å². The molecule has 0 saturated heterocycles. The molecule has 0 saturated carbocycles. The monoisotopic (exact) mass is 267 g/mol. The van der Waals surface area contributed by atoms with Crippen molar-refractivity contribution in [2.24, 2.45) is 4.99 Å². The fourth-order valence-corrected chi connectivity index (χ4v) is 1.92. The first kappa shape index (κ1) is 12.3. The first-order valence-corrected chi connectivity index (χ1v) is 6.13. The Morgan fingerprint density at radius 1 is 1.20 bits per heavy atom. The number of nitrogens with zero attached hydrogens (tertiary/aromatic N) is 4. The second kappa shape index (κ2) is 5.08. The first-order chi connectivity index (χ1) is 9.76. The van der Waals surface area contributed by atoms with E-state index in [1.165, 1.54) is 7.11 Å². The summed E-state index contributed by atoms with van der Waals surface area (Å²) in [4.78, 5) is 19.7. The molecule has 100 valence electrons. The number of para-hydroxylation sites is 1. The van der Waals surface area contributed by atoms with Crippen LogP contribution in [0.4, 0.5) is 5.95 Å². The van der Waals surface area contributed by atoms with E-state index in [-0.39, 0.29) is 6.01 Å². The summed E-state index contributed by atoms with van der Waals surface area (Å²) in [5.41, 5.74) is 2.05. The molecule has 0 aliphatic rings. The molecule has 2 aromatic heterocycles. The van der Waals surface area contributed by atoms with Gasteiger partial charge in [0.2, 0.25) is 0 Å². The number of aromatic amines is 1. The lowest BCUT2D eigenvalue weighted by Crippen LogP contribution is -1.96. The molecule has 0 unspecified atom stereocenters. The number of ether oxygens (including phenoxy) is 1. The molecule has 6 heteroatoms. The minimum atomic E-state index is 0.267. The topological polar surface area (TPSA) is 76.1 Å². The molecule has 0 amide bonds. The van der Waals surface area contributed by atoms with Crippen molar-refractivity contribution in [1.29, 1.82) is 0 Å². The molecule has 3 aromatic rings. The van der Waals surface area contributed by atoms with E-state index in [0.717, 1.165) is 16.5 Å². The van der Waals surface area contributed by atoms with Crippen LogP contribution in [0.3, 0.4) is 0 Å². The van der Waals surface area contributed by atoms with Crippen LogP contribution < -0.4 is 4.74 Å². The van der Waals surface area contributed by atoms with Crippen molar-refractivity contribution in [2.75, 3.05) is 7.11 Å². The Morgan fingerprint density at radius 2 is 2.05 bits per heavy atom. The largest absolute Gasteiger partial charge is 0.467 e. The Morgan fingerprint density at radius 3 is 2.90 bits per heavy atom. The van der Waals surface area contributed by atoms with Crippen molar-refractivity contribution in [3.8, 4) is 6.01 Å². The predicted octanol–water partition coefficient (Wildman–Crippen LogP) is 2.42. The highest BCUT2D eigenvalue weighted by molar-refractivity contribution is 5.99. The van der Waals surface area contributed by atoms with Crippen LogP contribution in [0.15, 0.2) is 35.5 Å². The van der Waals surface area contributed by atoms with Gasteiger partial charge < -0.3 is 9.72 Å². The number of rotatable bonds is 3. The van der Waals surface area contributed by atoms with Crippen LogP contribution in [0.5, 0.6) is 6.01 Å². The summed E-state index contributed by atoms with van der Waals surface area (Å²) in [6, 6.07) is 8.29. The average Bonchev–Trinajstić information content (AvgIpc) is 2.88. The highest BCUT2D eigenvalue weighted by Gasteiger charge is 2.03. The number of methoxy groups -OCH3 is 1. The summed E-state index contributed by atoms with van der Waals surface area (Å²) in [5, 5.41) is 1.11. The summed E-state index contributed by atoms with van der Waals surface area (Å²) in [7, 11) is 1.52. The Kier molecular flexibility index (Phi) is 3.12. The third-order valence-electron chi connectivity index (χ3n) is 2.84. The number of H-pyrrole nitrogens is 1. The molecular formula is C14H13N5O. The highest BCUT2D eigenvalue weighted by Crippen LogP contribution is 2.17. The molecule has 3 rings (SSSR count). The molecule has 0 bridgehead atoms. The Balaban J connectivity index is 1.96. The zero-order valence-electron chi connectivity index (χ0n) is 11.2. The SMILES string of the molecule is COc1nc(C)nc(/N=C/c2c[nH]c3ccccc23)n1. The summed E-state index contributed by atoms with van der Waals surface area (Å²) in [6.45, 7) is 1.77. The van der Waals surface area contributed by atoms with Gasteiger partial charge in [0.25, 0.3) is 5.95 Å². The number of hydrogen-bond acceptors (Lipinski definition) is 5. The van der Waals surface area contributed by atoms with Gasteiger partial charge in [-0.25, -0.2) is 4.99 Å².